The van der Waals surface area contributed by atoms with Gasteiger partial charge in [0.2, 0.25) is 0 Å². The van der Waals surface area contributed by atoms with E-state index in [1.165, 1.54) is 5.56 Å². The molecule has 0 saturated heterocycles. The molecular weight excluding hydrogens is 330 g/mol. The Labute approximate surface area is 133 Å². The molecule has 1 amide bonds. The summed E-state index contributed by atoms with van der Waals surface area (Å²) in [6, 6.07) is 15.5. The van der Waals surface area contributed by atoms with Crippen molar-refractivity contribution in [3.8, 4) is 5.75 Å². The van der Waals surface area contributed by atoms with Crippen molar-refractivity contribution in [2.24, 2.45) is 0 Å². The van der Waals surface area contributed by atoms with E-state index >= 15 is 0 Å². The van der Waals surface area contributed by atoms with Gasteiger partial charge in [0, 0.05) is 11.6 Å². The highest BCUT2D eigenvalue weighted by Gasteiger charge is 2.12. The predicted octanol–water partition coefficient (Wildman–Crippen LogP) is 3.82. The minimum Gasteiger partial charge on any atom is -0.496 e. The topological polar surface area (TPSA) is 38.3 Å². The lowest BCUT2D eigenvalue weighted by Gasteiger charge is -2.14. The normalized spacial score (nSPS) is 11.8. The first-order valence-electron chi connectivity index (χ1n) is 6.78. The van der Waals surface area contributed by atoms with Gasteiger partial charge < -0.3 is 10.1 Å². The quantitative estimate of drug-likeness (QED) is 0.892. The molecule has 0 radical (unpaired) electrons. The number of amides is 1. The molecule has 2 rings (SSSR count). The van der Waals surface area contributed by atoms with Crippen molar-refractivity contribution in [1.82, 2.24) is 5.32 Å². The second-order valence-electron chi connectivity index (χ2n) is 4.91. The summed E-state index contributed by atoms with van der Waals surface area (Å²) in [6.45, 7) is 2.00. The molecule has 0 fully saturated rings. The van der Waals surface area contributed by atoms with Gasteiger partial charge in [-0.2, -0.15) is 0 Å². The van der Waals surface area contributed by atoms with E-state index in [1.54, 1.807) is 25.3 Å². The van der Waals surface area contributed by atoms with Gasteiger partial charge in [0.1, 0.15) is 5.75 Å². The van der Waals surface area contributed by atoms with Gasteiger partial charge in [-0.05, 0) is 53.0 Å². The number of ether oxygens (including phenoxy) is 1. The summed E-state index contributed by atoms with van der Waals surface area (Å²) >= 11 is 3.39. The maximum Gasteiger partial charge on any atom is 0.251 e. The van der Waals surface area contributed by atoms with Crippen LogP contribution in [0.15, 0.2) is 53.0 Å². The fraction of sp³-hybridized carbons (Fsp3) is 0.235. The molecular formula is C17H18BrNO2. The number of carbonyl (C=O) groups excluding carboxylic acids is 1. The van der Waals surface area contributed by atoms with Gasteiger partial charge in [0.05, 0.1) is 11.6 Å². The van der Waals surface area contributed by atoms with E-state index in [2.05, 4.69) is 33.4 Å². The van der Waals surface area contributed by atoms with Crippen LogP contribution in [0.4, 0.5) is 0 Å². The van der Waals surface area contributed by atoms with E-state index in [4.69, 9.17) is 4.74 Å². The van der Waals surface area contributed by atoms with Crippen molar-refractivity contribution in [2.45, 2.75) is 19.4 Å². The Hall–Kier alpha value is -1.81. The second-order valence-corrected chi connectivity index (χ2v) is 5.77. The van der Waals surface area contributed by atoms with Crippen LogP contribution in [0.2, 0.25) is 0 Å². The predicted molar refractivity (Wildman–Crippen MR) is 87.8 cm³/mol. The molecule has 4 heteroatoms. The SMILES string of the molecule is COc1ccc(C(=O)NC(C)Cc2ccccc2)cc1Br. The van der Waals surface area contributed by atoms with Gasteiger partial charge in [-0.1, -0.05) is 30.3 Å². The van der Waals surface area contributed by atoms with Gasteiger partial charge in [0.25, 0.3) is 5.91 Å². The molecule has 21 heavy (non-hydrogen) atoms. The number of carbonyl (C=O) groups is 1. The summed E-state index contributed by atoms with van der Waals surface area (Å²) in [6.07, 6.45) is 0.809. The average molecular weight is 348 g/mol. The highest BCUT2D eigenvalue weighted by molar-refractivity contribution is 9.10. The molecule has 2 aromatic rings. The molecule has 1 unspecified atom stereocenters. The van der Waals surface area contributed by atoms with Crippen LogP contribution in [0.25, 0.3) is 0 Å². The number of halogens is 1. The summed E-state index contributed by atoms with van der Waals surface area (Å²) in [5.41, 5.74) is 1.82. The van der Waals surface area contributed by atoms with Gasteiger partial charge >= 0.3 is 0 Å². The van der Waals surface area contributed by atoms with Gasteiger partial charge in [-0.3, -0.25) is 4.79 Å². The Bertz CT molecular complexity index is 613. The largest absolute Gasteiger partial charge is 0.496 e. The van der Waals surface area contributed by atoms with Crippen molar-refractivity contribution in [3.63, 3.8) is 0 Å². The zero-order valence-electron chi connectivity index (χ0n) is 12.1. The smallest absolute Gasteiger partial charge is 0.251 e. The highest BCUT2D eigenvalue weighted by Crippen LogP contribution is 2.25. The average Bonchev–Trinajstić information content (AvgIpc) is 2.48. The lowest BCUT2D eigenvalue weighted by Crippen LogP contribution is -2.34. The van der Waals surface area contributed by atoms with E-state index in [-0.39, 0.29) is 11.9 Å². The summed E-state index contributed by atoms with van der Waals surface area (Å²) in [7, 11) is 1.60. The van der Waals surface area contributed by atoms with Crippen LogP contribution in [0, 0.1) is 0 Å². The van der Waals surface area contributed by atoms with Crippen LogP contribution in [0.5, 0.6) is 5.75 Å². The number of benzene rings is 2. The molecule has 1 N–H and O–H groups in total. The number of hydrogen-bond acceptors (Lipinski definition) is 2. The first kappa shape index (κ1) is 15.6. The maximum atomic E-state index is 12.2. The molecule has 0 saturated carbocycles. The van der Waals surface area contributed by atoms with E-state index < -0.39 is 0 Å². The first-order valence-corrected chi connectivity index (χ1v) is 7.58. The van der Waals surface area contributed by atoms with Crippen LogP contribution in [0.1, 0.15) is 22.8 Å². The van der Waals surface area contributed by atoms with Crippen molar-refractivity contribution in [1.29, 1.82) is 0 Å². The van der Waals surface area contributed by atoms with Crippen molar-refractivity contribution in [2.75, 3.05) is 7.11 Å². The minimum absolute atomic E-state index is 0.0702. The van der Waals surface area contributed by atoms with Gasteiger partial charge in [-0.25, -0.2) is 0 Å². The number of hydrogen-bond donors (Lipinski definition) is 1. The van der Waals surface area contributed by atoms with Gasteiger partial charge in [0.15, 0.2) is 0 Å². The maximum absolute atomic E-state index is 12.2. The summed E-state index contributed by atoms with van der Waals surface area (Å²) in [5, 5.41) is 3.01. The van der Waals surface area contributed by atoms with Crippen LogP contribution in [0.3, 0.4) is 0 Å². The number of rotatable bonds is 5. The Morgan fingerprint density at radius 1 is 1.24 bits per heavy atom. The van der Waals surface area contributed by atoms with Crippen LogP contribution >= 0.6 is 15.9 Å². The summed E-state index contributed by atoms with van der Waals surface area (Å²) in [5.74, 6) is 0.630. The first-order chi connectivity index (χ1) is 10.1. The minimum atomic E-state index is -0.0817. The molecule has 3 nitrogen and oxygen atoms in total. The third-order valence-corrected chi connectivity index (χ3v) is 3.80. The molecule has 0 aliphatic carbocycles. The molecule has 0 aliphatic rings. The lowest BCUT2D eigenvalue weighted by atomic mass is 10.1. The molecule has 0 aliphatic heterocycles. The molecule has 1 atom stereocenters. The molecule has 110 valence electrons. The fourth-order valence-corrected chi connectivity index (χ4v) is 2.67. The monoisotopic (exact) mass is 347 g/mol. The zero-order valence-corrected chi connectivity index (χ0v) is 13.7. The summed E-state index contributed by atoms with van der Waals surface area (Å²) in [4.78, 5) is 12.2. The zero-order chi connectivity index (χ0) is 15.2. The van der Waals surface area contributed by atoms with Gasteiger partial charge in [-0.15, -0.1) is 0 Å². The van der Waals surface area contributed by atoms with Crippen LogP contribution in [-0.4, -0.2) is 19.1 Å². The summed E-state index contributed by atoms with van der Waals surface area (Å²) < 4.78 is 5.93. The fourth-order valence-electron chi connectivity index (χ4n) is 2.13. The van der Waals surface area contributed by atoms with Crippen LogP contribution in [-0.2, 0) is 6.42 Å². The number of nitrogens with one attached hydrogen (secondary N) is 1. The van der Waals surface area contributed by atoms with Crippen molar-refractivity contribution < 1.29 is 9.53 Å². The third kappa shape index (κ3) is 4.33. The van der Waals surface area contributed by atoms with Crippen LogP contribution < -0.4 is 10.1 Å². The van der Waals surface area contributed by atoms with E-state index in [0.29, 0.717) is 11.3 Å². The standard InChI is InChI=1S/C17H18BrNO2/c1-12(10-13-6-4-3-5-7-13)19-17(20)14-8-9-16(21-2)15(18)11-14/h3-9,11-12H,10H2,1-2H3,(H,19,20). The lowest BCUT2D eigenvalue weighted by molar-refractivity contribution is 0.0940. The molecule has 2 aromatic carbocycles. The Kier molecular flexibility index (Phi) is 5.39. The second kappa shape index (κ2) is 7.27. The Balaban J connectivity index is 1.99. The van der Waals surface area contributed by atoms with E-state index in [0.717, 1.165) is 10.9 Å². The Morgan fingerprint density at radius 2 is 1.95 bits per heavy atom. The van der Waals surface area contributed by atoms with Crippen molar-refractivity contribution >= 4 is 21.8 Å². The third-order valence-electron chi connectivity index (χ3n) is 3.18. The van der Waals surface area contributed by atoms with Crippen molar-refractivity contribution in [3.05, 3.63) is 64.1 Å². The van der Waals surface area contributed by atoms with E-state index in [9.17, 15) is 4.79 Å². The molecule has 0 spiro atoms. The Morgan fingerprint density at radius 3 is 2.57 bits per heavy atom. The molecule has 0 bridgehead atoms. The highest BCUT2D eigenvalue weighted by atomic mass is 79.9. The van der Waals surface area contributed by atoms with E-state index in [1.807, 2.05) is 25.1 Å². The molecule has 0 heterocycles. The number of methoxy groups -OCH3 is 1. The molecule has 0 aromatic heterocycles.